The summed E-state index contributed by atoms with van der Waals surface area (Å²) in [4.78, 5) is 33.0. The molecule has 0 unspecified atom stereocenters. The molecule has 0 radical (unpaired) electrons. The average molecular weight is 614 g/mol. The fourth-order valence-corrected chi connectivity index (χ4v) is 3.32. The molecule has 0 saturated heterocycles. The summed E-state index contributed by atoms with van der Waals surface area (Å²) in [5, 5.41) is 39.5. The standard InChI is InChI=1S/2C11H15NO3.C10H13NO3/c1-11(2,3)15-9-6-7(12)4-5-8(9)10(13)14;1-11(2,3)15-10(14)8-5-4-7(12)6-9(8)13;1-6(2)11-7-3-4-8(10(13)14)9(12)5-7/h4-6H,12H2,1-3H3,(H,13,14);4-6,13H,12H2,1-3H3;3-6,11-12H,1-2H3,(H,13,14). The van der Waals surface area contributed by atoms with Crippen LogP contribution in [-0.4, -0.2) is 55.6 Å². The maximum atomic E-state index is 11.6. The van der Waals surface area contributed by atoms with Crippen LogP contribution in [-0.2, 0) is 4.74 Å². The summed E-state index contributed by atoms with van der Waals surface area (Å²) in [7, 11) is 0. The van der Waals surface area contributed by atoms with Crippen molar-refractivity contribution >= 4 is 35.0 Å². The van der Waals surface area contributed by atoms with E-state index < -0.39 is 29.1 Å². The molecule has 3 aromatic carbocycles. The van der Waals surface area contributed by atoms with Crippen molar-refractivity contribution in [3.63, 3.8) is 0 Å². The van der Waals surface area contributed by atoms with Crippen LogP contribution in [0.3, 0.4) is 0 Å². The minimum Gasteiger partial charge on any atom is -0.507 e. The molecule has 3 rings (SSSR count). The number of aromatic hydroxyl groups is 2. The quantitative estimate of drug-likeness (QED) is 0.126. The second-order valence-corrected chi connectivity index (χ2v) is 11.9. The fraction of sp³-hybridized carbons (Fsp3) is 0.344. The van der Waals surface area contributed by atoms with E-state index in [1.54, 1.807) is 39.0 Å². The zero-order chi connectivity index (χ0) is 34.0. The number of anilines is 3. The van der Waals surface area contributed by atoms with Crippen molar-refractivity contribution in [2.24, 2.45) is 0 Å². The Balaban J connectivity index is 0.000000330. The number of phenols is 2. The van der Waals surface area contributed by atoms with E-state index in [4.69, 9.17) is 31.2 Å². The third kappa shape index (κ3) is 13.2. The number of carboxylic acids is 2. The largest absolute Gasteiger partial charge is 0.507 e. The molecule has 0 aromatic heterocycles. The first-order valence-electron chi connectivity index (χ1n) is 13.6. The van der Waals surface area contributed by atoms with Crippen LogP contribution in [0.2, 0.25) is 0 Å². The van der Waals surface area contributed by atoms with Crippen LogP contribution in [0.1, 0.15) is 86.5 Å². The number of esters is 1. The summed E-state index contributed by atoms with van der Waals surface area (Å²) in [6.45, 7) is 14.8. The van der Waals surface area contributed by atoms with Gasteiger partial charge in [0.2, 0.25) is 0 Å². The number of hydrogen-bond donors (Lipinski definition) is 7. The first kappa shape index (κ1) is 36.9. The predicted molar refractivity (Wildman–Crippen MR) is 170 cm³/mol. The average Bonchev–Trinajstić information content (AvgIpc) is 2.82. The van der Waals surface area contributed by atoms with E-state index in [-0.39, 0.29) is 34.2 Å². The monoisotopic (exact) mass is 613 g/mol. The smallest absolute Gasteiger partial charge is 0.342 e. The summed E-state index contributed by atoms with van der Waals surface area (Å²) in [6, 6.07) is 13.5. The Morgan fingerprint density at radius 2 is 1.18 bits per heavy atom. The van der Waals surface area contributed by atoms with Gasteiger partial charge in [0.05, 0.1) is 0 Å². The molecule has 240 valence electrons. The fourth-order valence-electron chi connectivity index (χ4n) is 3.32. The van der Waals surface area contributed by atoms with Gasteiger partial charge >= 0.3 is 17.9 Å². The highest BCUT2D eigenvalue weighted by Crippen LogP contribution is 2.26. The molecule has 0 aliphatic carbocycles. The van der Waals surface area contributed by atoms with E-state index >= 15 is 0 Å². The van der Waals surface area contributed by atoms with Crippen LogP contribution in [0.5, 0.6) is 17.2 Å². The van der Waals surface area contributed by atoms with Gasteiger partial charge in [0.1, 0.15) is 45.1 Å². The summed E-state index contributed by atoms with van der Waals surface area (Å²) in [6.07, 6.45) is 0. The third-order valence-electron chi connectivity index (χ3n) is 4.98. The van der Waals surface area contributed by atoms with Gasteiger partial charge in [-0.2, -0.15) is 0 Å². The maximum absolute atomic E-state index is 11.6. The molecule has 0 spiro atoms. The Morgan fingerprint density at radius 1 is 0.705 bits per heavy atom. The Morgan fingerprint density at radius 3 is 1.61 bits per heavy atom. The number of nitrogens with one attached hydrogen (secondary N) is 1. The van der Waals surface area contributed by atoms with E-state index in [0.717, 1.165) is 0 Å². The highest BCUT2D eigenvalue weighted by Gasteiger charge is 2.20. The van der Waals surface area contributed by atoms with Crippen LogP contribution in [0.25, 0.3) is 0 Å². The first-order chi connectivity index (χ1) is 20.1. The van der Waals surface area contributed by atoms with Gasteiger partial charge in [-0.05, 0) is 91.8 Å². The van der Waals surface area contributed by atoms with Gasteiger partial charge < -0.3 is 46.7 Å². The zero-order valence-corrected chi connectivity index (χ0v) is 26.3. The summed E-state index contributed by atoms with van der Waals surface area (Å²) >= 11 is 0. The number of phenolic OH excluding ortho intramolecular Hbond substituents is 1. The molecule has 0 fully saturated rings. The third-order valence-corrected chi connectivity index (χ3v) is 4.98. The van der Waals surface area contributed by atoms with Crippen molar-refractivity contribution < 1.29 is 44.3 Å². The normalized spacial score (nSPS) is 10.8. The molecule has 9 N–H and O–H groups in total. The van der Waals surface area contributed by atoms with E-state index in [2.05, 4.69) is 5.32 Å². The molecular formula is C32H43N3O9. The molecule has 0 aliphatic heterocycles. The van der Waals surface area contributed by atoms with Crippen LogP contribution in [0.4, 0.5) is 17.1 Å². The van der Waals surface area contributed by atoms with E-state index in [9.17, 15) is 24.6 Å². The van der Waals surface area contributed by atoms with Gasteiger partial charge in [0, 0.05) is 41.3 Å². The molecule has 0 saturated carbocycles. The van der Waals surface area contributed by atoms with Crippen LogP contribution >= 0.6 is 0 Å². The van der Waals surface area contributed by atoms with Crippen LogP contribution < -0.4 is 21.5 Å². The second-order valence-electron chi connectivity index (χ2n) is 11.9. The highest BCUT2D eigenvalue weighted by molar-refractivity contribution is 5.93. The van der Waals surface area contributed by atoms with Gasteiger partial charge in [-0.3, -0.25) is 0 Å². The Labute approximate surface area is 257 Å². The minimum absolute atomic E-state index is 0.0840. The van der Waals surface area contributed by atoms with Crippen molar-refractivity contribution in [3.05, 3.63) is 71.3 Å². The van der Waals surface area contributed by atoms with Crippen molar-refractivity contribution in [2.75, 3.05) is 16.8 Å². The summed E-state index contributed by atoms with van der Waals surface area (Å²) in [5.41, 5.74) is 11.8. The number of rotatable bonds is 6. The Bertz CT molecular complexity index is 1460. The molecule has 0 bridgehead atoms. The number of carboxylic acid groups (broad SMARTS) is 2. The van der Waals surface area contributed by atoms with Gasteiger partial charge in [-0.25, -0.2) is 14.4 Å². The first-order valence-corrected chi connectivity index (χ1v) is 13.6. The minimum atomic E-state index is -1.13. The molecule has 0 amide bonds. The zero-order valence-electron chi connectivity index (χ0n) is 26.3. The maximum Gasteiger partial charge on any atom is 0.342 e. The molecule has 12 nitrogen and oxygen atoms in total. The lowest BCUT2D eigenvalue weighted by Gasteiger charge is -2.22. The molecule has 0 heterocycles. The van der Waals surface area contributed by atoms with Crippen molar-refractivity contribution in [3.8, 4) is 17.2 Å². The predicted octanol–water partition coefficient (Wildman–Crippen LogP) is 5.98. The van der Waals surface area contributed by atoms with Gasteiger partial charge in [-0.1, -0.05) is 0 Å². The molecule has 3 aromatic rings. The number of nitrogens with two attached hydrogens (primary N) is 2. The highest BCUT2D eigenvalue weighted by atomic mass is 16.6. The van der Waals surface area contributed by atoms with E-state index in [1.807, 2.05) is 34.6 Å². The van der Waals surface area contributed by atoms with Crippen molar-refractivity contribution in [2.45, 2.75) is 72.6 Å². The van der Waals surface area contributed by atoms with Gasteiger partial charge in [-0.15, -0.1) is 0 Å². The SMILES string of the molecule is CC(C)(C)OC(=O)c1ccc(N)cc1O.CC(C)(C)Oc1cc(N)ccc1C(=O)O.CC(C)Nc1ccc(C(=O)O)c(O)c1. The van der Waals surface area contributed by atoms with Crippen LogP contribution in [0, 0.1) is 0 Å². The van der Waals surface area contributed by atoms with Crippen molar-refractivity contribution in [1.29, 1.82) is 0 Å². The number of ether oxygens (including phenoxy) is 2. The molecular weight excluding hydrogens is 570 g/mol. The van der Waals surface area contributed by atoms with Gasteiger partial charge in [0.25, 0.3) is 0 Å². The lowest BCUT2D eigenvalue weighted by atomic mass is 10.1. The number of carbonyl (C=O) groups is 3. The Hall–Kier alpha value is -5.13. The van der Waals surface area contributed by atoms with Crippen molar-refractivity contribution in [1.82, 2.24) is 0 Å². The number of hydrogen-bond acceptors (Lipinski definition) is 10. The number of nitrogen functional groups attached to an aromatic ring is 2. The molecule has 0 aliphatic rings. The summed E-state index contributed by atoms with van der Waals surface area (Å²) < 4.78 is 10.6. The Kier molecular flexibility index (Phi) is 12.9. The lowest BCUT2D eigenvalue weighted by Crippen LogP contribution is -2.24. The van der Waals surface area contributed by atoms with Crippen LogP contribution in [0.15, 0.2) is 54.6 Å². The molecule has 44 heavy (non-hydrogen) atoms. The molecule has 0 atom stereocenters. The summed E-state index contributed by atoms with van der Waals surface area (Å²) in [5.74, 6) is -2.78. The second kappa shape index (κ2) is 15.4. The number of aromatic carboxylic acids is 2. The van der Waals surface area contributed by atoms with E-state index in [1.165, 1.54) is 36.4 Å². The lowest BCUT2D eigenvalue weighted by molar-refractivity contribution is 0.00663. The van der Waals surface area contributed by atoms with Gasteiger partial charge in [0.15, 0.2) is 0 Å². The van der Waals surface area contributed by atoms with E-state index in [0.29, 0.717) is 22.8 Å². The number of carbonyl (C=O) groups excluding carboxylic acids is 1. The molecule has 12 heteroatoms. The topological polar surface area (TPSA) is 215 Å². The number of benzene rings is 3.